The van der Waals surface area contributed by atoms with E-state index in [4.69, 9.17) is 27.9 Å². The van der Waals surface area contributed by atoms with Gasteiger partial charge in [-0.05, 0) is 18.2 Å². The van der Waals surface area contributed by atoms with Crippen molar-refractivity contribution in [3.05, 3.63) is 28.2 Å². The highest BCUT2D eigenvalue weighted by Gasteiger charge is 2.04. The van der Waals surface area contributed by atoms with Crippen LogP contribution in [0.15, 0.2) is 18.2 Å². The minimum Gasteiger partial charge on any atom is -0.383 e. The first-order valence-electron chi connectivity index (χ1n) is 5.58. The van der Waals surface area contributed by atoms with Gasteiger partial charge in [0, 0.05) is 32.3 Å². The van der Waals surface area contributed by atoms with Crippen LogP contribution in [0.4, 0.5) is 5.69 Å². The predicted molar refractivity (Wildman–Crippen MR) is 74.5 cm³/mol. The topological polar surface area (TPSA) is 50.4 Å². The Morgan fingerprint density at radius 3 is 2.72 bits per heavy atom. The number of carbonyl (C=O) groups is 1. The maximum Gasteiger partial charge on any atom is 0.225 e. The van der Waals surface area contributed by atoms with Crippen LogP contribution in [0.1, 0.15) is 6.42 Å². The van der Waals surface area contributed by atoms with E-state index in [1.54, 1.807) is 25.3 Å². The van der Waals surface area contributed by atoms with Crippen molar-refractivity contribution in [1.29, 1.82) is 0 Å². The van der Waals surface area contributed by atoms with Gasteiger partial charge in [0.1, 0.15) is 0 Å². The van der Waals surface area contributed by atoms with Crippen LogP contribution in [-0.4, -0.2) is 32.7 Å². The van der Waals surface area contributed by atoms with Crippen LogP contribution in [0.2, 0.25) is 10.0 Å². The normalized spacial score (nSPS) is 10.4. The lowest BCUT2D eigenvalue weighted by Gasteiger charge is -2.07. The Hall–Kier alpha value is -0.810. The average Bonchev–Trinajstić information content (AvgIpc) is 2.34. The number of anilines is 1. The van der Waals surface area contributed by atoms with Crippen molar-refractivity contribution in [2.45, 2.75) is 6.42 Å². The zero-order valence-corrected chi connectivity index (χ0v) is 11.6. The Balaban J connectivity index is 2.29. The van der Waals surface area contributed by atoms with Crippen LogP contribution < -0.4 is 10.6 Å². The molecule has 0 saturated heterocycles. The molecule has 0 aliphatic rings. The van der Waals surface area contributed by atoms with Gasteiger partial charge in [-0.2, -0.15) is 0 Å². The molecule has 0 bridgehead atoms. The number of hydrogen-bond donors (Lipinski definition) is 2. The minimum absolute atomic E-state index is 0.0710. The summed E-state index contributed by atoms with van der Waals surface area (Å²) in [4.78, 5) is 11.6. The number of rotatable bonds is 7. The Morgan fingerprint density at radius 2 is 2.06 bits per heavy atom. The highest BCUT2D eigenvalue weighted by atomic mass is 35.5. The number of nitrogens with one attached hydrogen (secondary N) is 2. The molecule has 1 aromatic rings. The number of ether oxygens (including phenoxy) is 1. The third kappa shape index (κ3) is 5.69. The van der Waals surface area contributed by atoms with Gasteiger partial charge in [0.05, 0.1) is 16.7 Å². The lowest BCUT2D eigenvalue weighted by atomic mass is 10.3. The van der Waals surface area contributed by atoms with Crippen molar-refractivity contribution >= 4 is 34.8 Å². The van der Waals surface area contributed by atoms with Crippen molar-refractivity contribution in [1.82, 2.24) is 5.32 Å². The number of halogens is 2. The van der Waals surface area contributed by atoms with E-state index >= 15 is 0 Å². The molecule has 0 atom stereocenters. The first-order valence-corrected chi connectivity index (χ1v) is 6.33. The molecule has 4 nitrogen and oxygen atoms in total. The van der Waals surface area contributed by atoms with Crippen molar-refractivity contribution in [2.75, 3.05) is 32.1 Å². The molecular formula is C12H16Cl2N2O2. The van der Waals surface area contributed by atoms with Gasteiger partial charge in [0.25, 0.3) is 0 Å². The molecule has 0 aliphatic carbocycles. The second-order valence-corrected chi connectivity index (χ2v) is 4.48. The maximum atomic E-state index is 11.6. The first kappa shape index (κ1) is 15.2. The second-order valence-electron chi connectivity index (χ2n) is 3.67. The van der Waals surface area contributed by atoms with Gasteiger partial charge in [0.15, 0.2) is 0 Å². The molecule has 0 unspecified atom stereocenters. The number of carbonyl (C=O) groups excluding carboxylic acids is 1. The predicted octanol–water partition coefficient (Wildman–Crippen LogP) is 2.56. The van der Waals surface area contributed by atoms with Gasteiger partial charge < -0.3 is 15.4 Å². The Labute approximate surface area is 117 Å². The van der Waals surface area contributed by atoms with E-state index < -0.39 is 0 Å². The van der Waals surface area contributed by atoms with E-state index in [-0.39, 0.29) is 5.91 Å². The summed E-state index contributed by atoms with van der Waals surface area (Å²) in [6.07, 6.45) is 0.393. The SMILES string of the molecule is COCCNCCC(=O)Nc1ccc(Cl)c(Cl)c1. The van der Waals surface area contributed by atoms with Crippen LogP contribution in [0.25, 0.3) is 0 Å². The Bertz CT molecular complexity index is 400. The van der Waals surface area contributed by atoms with Crippen LogP contribution in [0.5, 0.6) is 0 Å². The summed E-state index contributed by atoms with van der Waals surface area (Å²) in [6.45, 7) is 1.97. The molecular weight excluding hydrogens is 275 g/mol. The number of benzene rings is 1. The van der Waals surface area contributed by atoms with Gasteiger partial charge >= 0.3 is 0 Å². The molecule has 0 fully saturated rings. The summed E-state index contributed by atoms with van der Waals surface area (Å²) in [7, 11) is 1.64. The fourth-order valence-corrected chi connectivity index (χ4v) is 1.60. The summed E-state index contributed by atoms with van der Waals surface area (Å²) >= 11 is 11.6. The highest BCUT2D eigenvalue weighted by Crippen LogP contribution is 2.24. The molecule has 100 valence electrons. The van der Waals surface area contributed by atoms with E-state index in [1.807, 2.05) is 0 Å². The van der Waals surface area contributed by atoms with Crippen LogP contribution in [0.3, 0.4) is 0 Å². The van der Waals surface area contributed by atoms with Crippen LogP contribution in [-0.2, 0) is 9.53 Å². The van der Waals surface area contributed by atoms with Crippen LogP contribution >= 0.6 is 23.2 Å². The van der Waals surface area contributed by atoms with Crippen molar-refractivity contribution in [3.8, 4) is 0 Å². The van der Waals surface area contributed by atoms with Crippen LogP contribution in [0, 0.1) is 0 Å². The average molecular weight is 291 g/mol. The fourth-order valence-electron chi connectivity index (χ4n) is 1.30. The molecule has 1 amide bonds. The molecule has 6 heteroatoms. The van der Waals surface area contributed by atoms with E-state index in [1.165, 1.54) is 0 Å². The summed E-state index contributed by atoms with van der Waals surface area (Å²) < 4.78 is 4.88. The zero-order valence-electron chi connectivity index (χ0n) is 10.1. The lowest BCUT2D eigenvalue weighted by Crippen LogP contribution is -2.24. The van der Waals surface area contributed by atoms with E-state index in [2.05, 4.69) is 10.6 Å². The largest absolute Gasteiger partial charge is 0.383 e. The molecule has 0 aliphatic heterocycles. The first-order chi connectivity index (χ1) is 8.63. The van der Waals surface area contributed by atoms with Gasteiger partial charge in [-0.1, -0.05) is 23.2 Å². The molecule has 0 radical (unpaired) electrons. The number of hydrogen-bond acceptors (Lipinski definition) is 3. The Kier molecular flexibility index (Phi) is 7.05. The molecule has 0 spiro atoms. The van der Waals surface area contributed by atoms with Gasteiger partial charge in [-0.3, -0.25) is 4.79 Å². The van der Waals surface area contributed by atoms with E-state index in [0.29, 0.717) is 35.3 Å². The summed E-state index contributed by atoms with van der Waals surface area (Å²) in [5.41, 5.74) is 0.645. The molecule has 1 aromatic carbocycles. The van der Waals surface area contributed by atoms with Crippen molar-refractivity contribution in [2.24, 2.45) is 0 Å². The van der Waals surface area contributed by atoms with E-state index in [9.17, 15) is 4.79 Å². The van der Waals surface area contributed by atoms with E-state index in [0.717, 1.165) is 6.54 Å². The molecule has 0 saturated carbocycles. The van der Waals surface area contributed by atoms with Gasteiger partial charge in [-0.15, -0.1) is 0 Å². The summed E-state index contributed by atoms with van der Waals surface area (Å²) in [5.74, 6) is -0.0710. The highest BCUT2D eigenvalue weighted by molar-refractivity contribution is 6.42. The van der Waals surface area contributed by atoms with Crippen molar-refractivity contribution < 1.29 is 9.53 Å². The minimum atomic E-state index is -0.0710. The zero-order chi connectivity index (χ0) is 13.4. The smallest absolute Gasteiger partial charge is 0.225 e. The summed E-state index contributed by atoms with van der Waals surface area (Å²) in [5, 5.41) is 6.73. The Morgan fingerprint density at radius 1 is 1.28 bits per heavy atom. The molecule has 1 rings (SSSR count). The van der Waals surface area contributed by atoms with Crippen molar-refractivity contribution in [3.63, 3.8) is 0 Å². The quantitative estimate of drug-likeness (QED) is 0.759. The third-order valence-electron chi connectivity index (χ3n) is 2.22. The molecule has 0 aromatic heterocycles. The van der Waals surface area contributed by atoms with Gasteiger partial charge in [0.2, 0.25) is 5.91 Å². The summed E-state index contributed by atoms with van der Waals surface area (Å²) in [6, 6.07) is 4.99. The number of amides is 1. The standard InChI is InChI=1S/C12H16Cl2N2O2/c1-18-7-6-15-5-4-12(17)16-9-2-3-10(13)11(14)8-9/h2-3,8,15H,4-7H2,1H3,(H,16,17). The fraction of sp³-hybridized carbons (Fsp3) is 0.417. The third-order valence-corrected chi connectivity index (χ3v) is 2.95. The number of methoxy groups -OCH3 is 1. The lowest BCUT2D eigenvalue weighted by molar-refractivity contribution is -0.116. The van der Waals surface area contributed by atoms with Gasteiger partial charge in [-0.25, -0.2) is 0 Å². The maximum absolute atomic E-state index is 11.6. The second kappa shape index (κ2) is 8.32. The molecule has 2 N–H and O–H groups in total. The monoisotopic (exact) mass is 290 g/mol. The molecule has 0 heterocycles. The molecule has 18 heavy (non-hydrogen) atoms.